The maximum absolute atomic E-state index is 12.9. The third-order valence-electron chi connectivity index (χ3n) is 4.63. The van der Waals surface area contributed by atoms with Crippen LogP contribution in [0.5, 0.6) is 17.2 Å². The number of carbonyl (C=O) groups is 2. The number of esters is 1. The van der Waals surface area contributed by atoms with Crippen molar-refractivity contribution in [1.29, 1.82) is 0 Å². The summed E-state index contributed by atoms with van der Waals surface area (Å²) in [5.74, 6) is 0.332. The molecule has 0 spiro atoms. The van der Waals surface area contributed by atoms with Gasteiger partial charge in [-0.2, -0.15) is 0 Å². The van der Waals surface area contributed by atoms with Crippen molar-refractivity contribution in [2.75, 3.05) is 19.0 Å². The highest BCUT2D eigenvalue weighted by molar-refractivity contribution is 5.94. The van der Waals surface area contributed by atoms with Crippen LogP contribution >= 0.6 is 0 Å². The fourth-order valence-corrected chi connectivity index (χ4v) is 3.26. The SMILES string of the molecule is COc1ccc(NC(=O)COC(=O)C2c3ccccc3Oc3ccccc32)cc1. The van der Waals surface area contributed by atoms with Crippen LogP contribution < -0.4 is 14.8 Å². The summed E-state index contributed by atoms with van der Waals surface area (Å²) in [6, 6.07) is 21.5. The van der Waals surface area contributed by atoms with Gasteiger partial charge in [0.25, 0.3) is 5.91 Å². The van der Waals surface area contributed by atoms with Gasteiger partial charge in [-0.25, -0.2) is 0 Å². The molecule has 1 aliphatic heterocycles. The minimum atomic E-state index is -0.648. The number of rotatable bonds is 5. The molecule has 0 atom stereocenters. The Morgan fingerprint density at radius 1 is 0.897 bits per heavy atom. The van der Waals surface area contributed by atoms with Gasteiger partial charge in [0.1, 0.15) is 23.2 Å². The second-order valence-corrected chi connectivity index (χ2v) is 6.50. The number of benzene rings is 3. The summed E-state index contributed by atoms with van der Waals surface area (Å²) in [5, 5.41) is 2.69. The van der Waals surface area contributed by atoms with Crippen molar-refractivity contribution in [3.05, 3.63) is 83.9 Å². The van der Waals surface area contributed by atoms with Gasteiger partial charge in [0.2, 0.25) is 0 Å². The Balaban J connectivity index is 1.46. The van der Waals surface area contributed by atoms with Crippen LogP contribution in [0, 0.1) is 0 Å². The number of fused-ring (bicyclic) bond motifs is 2. The molecule has 0 radical (unpaired) electrons. The first-order chi connectivity index (χ1) is 14.2. The van der Waals surface area contributed by atoms with Gasteiger partial charge < -0.3 is 19.5 Å². The highest BCUT2D eigenvalue weighted by Crippen LogP contribution is 2.44. The Hall–Kier alpha value is -3.80. The molecule has 0 aliphatic carbocycles. The topological polar surface area (TPSA) is 73.9 Å². The Morgan fingerprint density at radius 2 is 1.48 bits per heavy atom. The van der Waals surface area contributed by atoms with Gasteiger partial charge in [0.15, 0.2) is 6.61 Å². The lowest BCUT2D eigenvalue weighted by atomic mass is 9.88. The second kappa shape index (κ2) is 8.06. The summed E-state index contributed by atoms with van der Waals surface area (Å²) < 4.78 is 16.3. The molecule has 1 amide bonds. The lowest BCUT2D eigenvalue weighted by molar-refractivity contribution is -0.148. The first-order valence-electron chi connectivity index (χ1n) is 9.12. The Morgan fingerprint density at radius 3 is 2.07 bits per heavy atom. The first kappa shape index (κ1) is 18.6. The molecule has 1 N–H and O–H groups in total. The van der Waals surface area contributed by atoms with E-state index < -0.39 is 17.8 Å². The van der Waals surface area contributed by atoms with E-state index in [4.69, 9.17) is 14.2 Å². The normalized spacial score (nSPS) is 12.2. The van der Waals surface area contributed by atoms with Gasteiger partial charge in [-0.3, -0.25) is 9.59 Å². The van der Waals surface area contributed by atoms with Crippen LogP contribution in [0.2, 0.25) is 0 Å². The van der Waals surface area contributed by atoms with Crippen LogP contribution in [0.15, 0.2) is 72.8 Å². The van der Waals surface area contributed by atoms with Crippen molar-refractivity contribution in [1.82, 2.24) is 0 Å². The van der Waals surface area contributed by atoms with E-state index >= 15 is 0 Å². The van der Waals surface area contributed by atoms with E-state index in [1.165, 1.54) is 0 Å². The highest BCUT2D eigenvalue weighted by Gasteiger charge is 2.33. The fourth-order valence-electron chi connectivity index (χ4n) is 3.26. The smallest absolute Gasteiger partial charge is 0.318 e. The number of carbonyl (C=O) groups excluding carboxylic acids is 2. The summed E-state index contributed by atoms with van der Waals surface area (Å²) >= 11 is 0. The molecule has 1 heterocycles. The predicted octanol–water partition coefficient (Wildman–Crippen LogP) is 4.11. The zero-order valence-electron chi connectivity index (χ0n) is 15.8. The molecule has 0 unspecified atom stereocenters. The van der Waals surface area contributed by atoms with E-state index in [1.807, 2.05) is 48.5 Å². The molecule has 0 fully saturated rings. The Kier molecular flexibility index (Phi) is 5.16. The van der Waals surface area contributed by atoms with Crippen LogP contribution in [0.25, 0.3) is 0 Å². The molecule has 6 heteroatoms. The van der Waals surface area contributed by atoms with Crippen LogP contribution in [-0.4, -0.2) is 25.6 Å². The molecule has 0 aromatic heterocycles. The summed E-state index contributed by atoms with van der Waals surface area (Å²) in [6.07, 6.45) is 0. The minimum absolute atomic E-state index is 0.382. The fraction of sp³-hybridized carbons (Fsp3) is 0.130. The third-order valence-corrected chi connectivity index (χ3v) is 4.63. The maximum Gasteiger partial charge on any atom is 0.318 e. The second-order valence-electron chi connectivity index (χ2n) is 6.50. The maximum atomic E-state index is 12.9. The van der Waals surface area contributed by atoms with E-state index in [9.17, 15) is 9.59 Å². The first-order valence-corrected chi connectivity index (χ1v) is 9.12. The van der Waals surface area contributed by atoms with Gasteiger partial charge in [-0.05, 0) is 36.4 Å². The van der Waals surface area contributed by atoms with Crippen LogP contribution in [-0.2, 0) is 14.3 Å². The van der Waals surface area contributed by atoms with E-state index in [0.29, 0.717) is 34.1 Å². The molecule has 29 heavy (non-hydrogen) atoms. The number of amides is 1. The van der Waals surface area contributed by atoms with Crippen molar-refractivity contribution >= 4 is 17.6 Å². The number of hydrogen-bond acceptors (Lipinski definition) is 5. The molecule has 1 aliphatic rings. The van der Waals surface area contributed by atoms with Crippen molar-refractivity contribution in [3.8, 4) is 17.2 Å². The zero-order chi connectivity index (χ0) is 20.2. The minimum Gasteiger partial charge on any atom is -0.497 e. The van der Waals surface area contributed by atoms with Gasteiger partial charge in [0, 0.05) is 16.8 Å². The van der Waals surface area contributed by atoms with Crippen LogP contribution in [0.1, 0.15) is 17.0 Å². The zero-order valence-corrected chi connectivity index (χ0v) is 15.8. The van der Waals surface area contributed by atoms with Crippen LogP contribution in [0.3, 0.4) is 0 Å². The molecule has 0 bridgehead atoms. The molecule has 3 aromatic rings. The van der Waals surface area contributed by atoms with Crippen molar-refractivity contribution in [2.45, 2.75) is 5.92 Å². The van der Waals surface area contributed by atoms with Crippen LogP contribution in [0.4, 0.5) is 5.69 Å². The van der Waals surface area contributed by atoms with E-state index in [1.54, 1.807) is 31.4 Å². The average Bonchev–Trinajstić information content (AvgIpc) is 2.76. The van der Waals surface area contributed by atoms with Crippen molar-refractivity contribution < 1.29 is 23.8 Å². The highest BCUT2D eigenvalue weighted by atomic mass is 16.5. The number of hydrogen-bond donors (Lipinski definition) is 1. The molecule has 3 aromatic carbocycles. The van der Waals surface area contributed by atoms with Crippen molar-refractivity contribution in [3.63, 3.8) is 0 Å². The Bertz CT molecular complexity index is 1000. The largest absolute Gasteiger partial charge is 0.497 e. The van der Waals surface area contributed by atoms with Crippen molar-refractivity contribution in [2.24, 2.45) is 0 Å². The Labute approximate surface area is 168 Å². The molecule has 4 rings (SSSR count). The molecule has 146 valence electrons. The van der Waals surface area contributed by atoms with E-state index in [0.717, 1.165) is 0 Å². The molecule has 0 saturated carbocycles. The van der Waals surface area contributed by atoms with Gasteiger partial charge >= 0.3 is 5.97 Å². The number of para-hydroxylation sites is 2. The molecule has 6 nitrogen and oxygen atoms in total. The number of nitrogens with one attached hydrogen (secondary N) is 1. The number of ether oxygens (including phenoxy) is 3. The van der Waals surface area contributed by atoms with E-state index in [-0.39, 0.29) is 6.61 Å². The van der Waals surface area contributed by atoms with E-state index in [2.05, 4.69) is 5.32 Å². The van der Waals surface area contributed by atoms with Gasteiger partial charge in [-0.15, -0.1) is 0 Å². The summed E-state index contributed by atoms with van der Waals surface area (Å²) in [5.41, 5.74) is 2.02. The molecular weight excluding hydrogens is 370 g/mol. The average molecular weight is 389 g/mol. The standard InChI is InChI=1S/C23H19NO5/c1-27-16-12-10-15(11-13-16)24-21(25)14-28-23(26)22-17-6-2-4-8-19(17)29-20-9-5-3-7-18(20)22/h2-13,22H,14H2,1H3,(H,24,25). The quantitative estimate of drug-likeness (QED) is 0.665. The number of methoxy groups -OCH3 is 1. The summed E-state index contributed by atoms with van der Waals surface area (Å²) in [7, 11) is 1.57. The molecular formula is C23H19NO5. The molecule has 0 saturated heterocycles. The van der Waals surface area contributed by atoms with Gasteiger partial charge in [-0.1, -0.05) is 36.4 Å². The lowest BCUT2D eigenvalue weighted by Crippen LogP contribution is -2.26. The van der Waals surface area contributed by atoms with Gasteiger partial charge in [0.05, 0.1) is 7.11 Å². The third kappa shape index (κ3) is 3.91. The summed E-state index contributed by atoms with van der Waals surface area (Å²) in [4.78, 5) is 25.1. The lowest BCUT2D eigenvalue weighted by Gasteiger charge is -2.26. The number of anilines is 1. The monoisotopic (exact) mass is 389 g/mol. The summed E-state index contributed by atoms with van der Waals surface area (Å²) in [6.45, 7) is -0.382. The predicted molar refractivity (Wildman–Crippen MR) is 107 cm³/mol.